The molecule has 2 nitrogen and oxygen atoms in total. The average Bonchev–Trinajstić information content (AvgIpc) is 2.34. The Morgan fingerprint density at radius 2 is 1.71 bits per heavy atom. The zero-order chi connectivity index (χ0) is 12.5. The maximum absolute atomic E-state index is 3.49. The Morgan fingerprint density at radius 1 is 1.06 bits per heavy atom. The second kappa shape index (κ2) is 5.27. The van der Waals surface area contributed by atoms with Gasteiger partial charge in [0, 0.05) is 24.7 Å². The van der Waals surface area contributed by atoms with Gasteiger partial charge in [-0.2, -0.15) is 0 Å². The predicted octanol–water partition coefficient (Wildman–Crippen LogP) is 2.89. The molecule has 0 aromatic heterocycles. The summed E-state index contributed by atoms with van der Waals surface area (Å²) in [7, 11) is 2.11. The van der Waals surface area contributed by atoms with Crippen molar-refractivity contribution in [1.29, 1.82) is 0 Å². The minimum absolute atomic E-state index is 0.393. The molecule has 3 atom stereocenters. The Labute approximate surface area is 107 Å². The highest BCUT2D eigenvalue weighted by atomic mass is 15.2. The van der Waals surface area contributed by atoms with Gasteiger partial charge in [-0.3, -0.25) is 0 Å². The lowest BCUT2D eigenvalue weighted by Crippen LogP contribution is -2.53. The second-order valence-corrected chi connectivity index (χ2v) is 6.77. The number of rotatable bonds is 2. The highest BCUT2D eigenvalue weighted by Gasteiger charge is 2.34. The van der Waals surface area contributed by atoms with Crippen LogP contribution in [0.1, 0.15) is 52.9 Å². The van der Waals surface area contributed by atoms with Gasteiger partial charge in [0.15, 0.2) is 0 Å². The molecule has 2 heteroatoms. The molecule has 0 radical (unpaired) electrons. The molecule has 1 heterocycles. The standard InChI is InChI=1S/C15H30N2/c1-12-5-6-14(11-13(12)2)17-9-7-15(3,16-4)8-10-17/h12-14,16H,5-11H2,1-4H3. The first-order chi connectivity index (χ1) is 8.04. The van der Waals surface area contributed by atoms with E-state index < -0.39 is 0 Å². The topological polar surface area (TPSA) is 15.3 Å². The molecule has 0 aromatic rings. The van der Waals surface area contributed by atoms with Crippen molar-refractivity contribution in [2.24, 2.45) is 11.8 Å². The second-order valence-electron chi connectivity index (χ2n) is 6.77. The first-order valence-electron chi connectivity index (χ1n) is 7.47. The van der Waals surface area contributed by atoms with Gasteiger partial charge in [-0.25, -0.2) is 0 Å². The minimum atomic E-state index is 0.393. The van der Waals surface area contributed by atoms with E-state index in [1.165, 1.54) is 45.2 Å². The van der Waals surface area contributed by atoms with E-state index in [2.05, 4.69) is 38.0 Å². The van der Waals surface area contributed by atoms with Crippen molar-refractivity contribution >= 4 is 0 Å². The van der Waals surface area contributed by atoms with E-state index in [1.54, 1.807) is 0 Å². The van der Waals surface area contributed by atoms with Crippen molar-refractivity contribution in [3.63, 3.8) is 0 Å². The molecule has 0 amide bonds. The number of likely N-dealkylation sites (tertiary alicyclic amines) is 1. The SMILES string of the molecule is CNC1(C)CCN(C2CCC(C)C(C)C2)CC1. The fourth-order valence-corrected chi connectivity index (χ4v) is 3.48. The summed E-state index contributed by atoms with van der Waals surface area (Å²) in [6.45, 7) is 9.83. The summed E-state index contributed by atoms with van der Waals surface area (Å²) in [6.07, 6.45) is 6.92. The summed E-state index contributed by atoms with van der Waals surface area (Å²) in [5.41, 5.74) is 0.393. The van der Waals surface area contributed by atoms with Crippen LogP contribution >= 0.6 is 0 Å². The smallest absolute Gasteiger partial charge is 0.0174 e. The van der Waals surface area contributed by atoms with Crippen LogP contribution in [0.15, 0.2) is 0 Å². The Kier molecular flexibility index (Phi) is 4.14. The Hall–Kier alpha value is -0.0800. The van der Waals surface area contributed by atoms with E-state index in [1.807, 2.05) is 0 Å². The van der Waals surface area contributed by atoms with Crippen LogP contribution in [0.5, 0.6) is 0 Å². The van der Waals surface area contributed by atoms with Gasteiger partial charge in [0.25, 0.3) is 0 Å². The molecule has 3 unspecified atom stereocenters. The van der Waals surface area contributed by atoms with E-state index in [-0.39, 0.29) is 0 Å². The van der Waals surface area contributed by atoms with Gasteiger partial charge in [0.05, 0.1) is 0 Å². The summed E-state index contributed by atoms with van der Waals surface area (Å²) < 4.78 is 0. The van der Waals surface area contributed by atoms with Crippen molar-refractivity contribution in [1.82, 2.24) is 10.2 Å². The van der Waals surface area contributed by atoms with Crippen LogP contribution < -0.4 is 5.32 Å². The number of hydrogen-bond acceptors (Lipinski definition) is 2. The number of nitrogens with one attached hydrogen (secondary N) is 1. The quantitative estimate of drug-likeness (QED) is 0.796. The largest absolute Gasteiger partial charge is 0.314 e. The summed E-state index contributed by atoms with van der Waals surface area (Å²) >= 11 is 0. The van der Waals surface area contributed by atoms with E-state index >= 15 is 0 Å². The van der Waals surface area contributed by atoms with Crippen molar-refractivity contribution in [2.75, 3.05) is 20.1 Å². The van der Waals surface area contributed by atoms with Gasteiger partial charge in [-0.1, -0.05) is 13.8 Å². The van der Waals surface area contributed by atoms with Crippen LogP contribution in [0, 0.1) is 11.8 Å². The highest BCUT2D eigenvalue weighted by Crippen LogP contribution is 2.34. The van der Waals surface area contributed by atoms with Crippen molar-refractivity contribution in [3.8, 4) is 0 Å². The van der Waals surface area contributed by atoms with Crippen molar-refractivity contribution in [3.05, 3.63) is 0 Å². The number of nitrogens with zero attached hydrogens (tertiary/aromatic N) is 1. The third-order valence-electron chi connectivity index (χ3n) is 5.59. The molecule has 0 spiro atoms. The van der Waals surface area contributed by atoms with Gasteiger partial charge in [-0.05, 0) is 57.9 Å². The molecular weight excluding hydrogens is 208 g/mol. The zero-order valence-corrected chi connectivity index (χ0v) is 12.1. The third kappa shape index (κ3) is 3.03. The van der Waals surface area contributed by atoms with E-state index in [4.69, 9.17) is 0 Å². The molecule has 0 aromatic carbocycles. The lowest BCUT2D eigenvalue weighted by Gasteiger charge is -2.45. The van der Waals surface area contributed by atoms with Crippen molar-refractivity contribution < 1.29 is 0 Å². The molecule has 1 saturated heterocycles. The monoisotopic (exact) mass is 238 g/mol. The van der Waals surface area contributed by atoms with Crippen LogP contribution in [0.4, 0.5) is 0 Å². The molecule has 1 saturated carbocycles. The molecule has 1 N–H and O–H groups in total. The normalized spacial score (nSPS) is 39.2. The maximum Gasteiger partial charge on any atom is 0.0174 e. The fourth-order valence-electron chi connectivity index (χ4n) is 3.48. The highest BCUT2D eigenvalue weighted by molar-refractivity contribution is 4.91. The lowest BCUT2D eigenvalue weighted by molar-refractivity contribution is 0.0645. The zero-order valence-electron chi connectivity index (χ0n) is 12.1. The molecule has 1 aliphatic heterocycles. The van der Waals surface area contributed by atoms with Gasteiger partial charge in [0.2, 0.25) is 0 Å². The molecule has 2 fully saturated rings. The van der Waals surface area contributed by atoms with Gasteiger partial charge >= 0.3 is 0 Å². The summed E-state index contributed by atoms with van der Waals surface area (Å²) in [5.74, 6) is 1.87. The molecule has 0 bridgehead atoms. The molecule has 100 valence electrons. The van der Waals surface area contributed by atoms with Crippen LogP contribution in [0.2, 0.25) is 0 Å². The van der Waals surface area contributed by atoms with Crippen LogP contribution in [0.25, 0.3) is 0 Å². The Balaban J connectivity index is 1.85. The molecule has 2 aliphatic rings. The molecular formula is C15H30N2. The average molecular weight is 238 g/mol. The Bertz CT molecular complexity index is 243. The third-order valence-corrected chi connectivity index (χ3v) is 5.59. The summed E-state index contributed by atoms with van der Waals surface area (Å²) in [5, 5.41) is 3.49. The van der Waals surface area contributed by atoms with E-state index in [0.717, 1.165) is 17.9 Å². The molecule has 17 heavy (non-hydrogen) atoms. The van der Waals surface area contributed by atoms with Crippen LogP contribution in [-0.2, 0) is 0 Å². The van der Waals surface area contributed by atoms with Gasteiger partial charge < -0.3 is 10.2 Å². The fraction of sp³-hybridized carbons (Fsp3) is 1.00. The lowest BCUT2D eigenvalue weighted by atomic mass is 9.77. The molecule has 2 rings (SSSR count). The van der Waals surface area contributed by atoms with E-state index in [0.29, 0.717) is 5.54 Å². The van der Waals surface area contributed by atoms with Gasteiger partial charge in [-0.15, -0.1) is 0 Å². The van der Waals surface area contributed by atoms with Crippen LogP contribution in [0.3, 0.4) is 0 Å². The number of hydrogen-bond donors (Lipinski definition) is 1. The maximum atomic E-state index is 3.49. The van der Waals surface area contributed by atoms with Gasteiger partial charge in [0.1, 0.15) is 0 Å². The van der Waals surface area contributed by atoms with Crippen molar-refractivity contribution in [2.45, 2.75) is 64.5 Å². The first-order valence-corrected chi connectivity index (χ1v) is 7.47. The Morgan fingerprint density at radius 3 is 2.24 bits per heavy atom. The number of piperidine rings is 1. The van der Waals surface area contributed by atoms with Crippen LogP contribution in [-0.4, -0.2) is 36.6 Å². The molecule has 1 aliphatic carbocycles. The minimum Gasteiger partial charge on any atom is -0.314 e. The predicted molar refractivity (Wildman–Crippen MR) is 74.2 cm³/mol. The summed E-state index contributed by atoms with van der Waals surface area (Å²) in [4.78, 5) is 2.77. The first kappa shape index (κ1) is 13.4. The summed E-state index contributed by atoms with van der Waals surface area (Å²) in [6, 6.07) is 0.877. The van der Waals surface area contributed by atoms with E-state index in [9.17, 15) is 0 Å².